The predicted molar refractivity (Wildman–Crippen MR) is 94.8 cm³/mol. The molecular formula is C20H28N2O3. The smallest absolute Gasteiger partial charge is 0.255 e. The van der Waals surface area contributed by atoms with Crippen molar-refractivity contribution in [2.24, 2.45) is 0 Å². The predicted octanol–water partition coefficient (Wildman–Crippen LogP) is 3.07. The maximum Gasteiger partial charge on any atom is 0.255 e. The number of aryl methyl sites for hydroxylation is 1. The fourth-order valence-electron chi connectivity index (χ4n) is 4.34. The Labute approximate surface area is 149 Å². The van der Waals surface area contributed by atoms with Crippen LogP contribution in [-0.2, 0) is 9.47 Å². The van der Waals surface area contributed by atoms with Gasteiger partial charge in [-0.2, -0.15) is 0 Å². The molecule has 0 bridgehead atoms. The van der Waals surface area contributed by atoms with Gasteiger partial charge in [0.15, 0.2) is 0 Å². The van der Waals surface area contributed by atoms with Crippen molar-refractivity contribution < 1.29 is 14.3 Å². The van der Waals surface area contributed by atoms with Crippen LogP contribution < -0.4 is 0 Å². The molecule has 4 rings (SSSR count). The zero-order valence-corrected chi connectivity index (χ0v) is 15.5. The van der Waals surface area contributed by atoms with Crippen molar-refractivity contribution in [1.29, 1.82) is 0 Å². The number of ether oxygens (including phenoxy) is 2. The fourth-order valence-corrected chi connectivity index (χ4v) is 4.34. The quantitative estimate of drug-likeness (QED) is 0.827. The molecule has 1 aromatic heterocycles. The minimum Gasteiger partial charge on any atom is -0.378 e. The van der Waals surface area contributed by atoms with Crippen LogP contribution in [0.4, 0.5) is 0 Å². The lowest BCUT2D eigenvalue weighted by molar-refractivity contribution is -0.189. The minimum atomic E-state index is -0.264. The first-order valence-corrected chi connectivity index (χ1v) is 9.52. The molecule has 5 nitrogen and oxygen atoms in total. The molecule has 2 saturated heterocycles. The van der Waals surface area contributed by atoms with E-state index in [4.69, 9.17) is 9.47 Å². The zero-order valence-electron chi connectivity index (χ0n) is 15.5. The summed E-state index contributed by atoms with van der Waals surface area (Å²) >= 11 is 0. The number of aromatic nitrogens is 1. The maximum absolute atomic E-state index is 13.2. The van der Waals surface area contributed by atoms with Crippen LogP contribution in [0, 0.1) is 6.92 Å². The molecule has 1 spiro atoms. The Morgan fingerprint density at radius 1 is 1.28 bits per heavy atom. The molecule has 3 fully saturated rings. The number of morpholine rings is 1. The summed E-state index contributed by atoms with van der Waals surface area (Å²) in [5.41, 5.74) is 2.45. The van der Waals surface area contributed by atoms with E-state index >= 15 is 0 Å². The molecular weight excluding hydrogens is 316 g/mol. The number of nitrogens with zero attached hydrogens (tertiary/aromatic N) is 2. The van der Waals surface area contributed by atoms with Crippen molar-refractivity contribution in [1.82, 2.24) is 9.88 Å². The zero-order chi connectivity index (χ0) is 17.6. The minimum absolute atomic E-state index is 0.0435. The molecule has 2 aliphatic heterocycles. The van der Waals surface area contributed by atoms with Crippen LogP contribution in [0.5, 0.6) is 0 Å². The topological polar surface area (TPSA) is 51.7 Å². The third-order valence-corrected chi connectivity index (χ3v) is 5.65. The molecule has 1 aromatic rings. The van der Waals surface area contributed by atoms with Gasteiger partial charge >= 0.3 is 0 Å². The van der Waals surface area contributed by atoms with E-state index < -0.39 is 0 Å². The van der Waals surface area contributed by atoms with Gasteiger partial charge in [-0.05, 0) is 45.7 Å². The highest BCUT2D eigenvalue weighted by Crippen LogP contribution is 2.39. The SMILES string of the molecule is Cc1nc(C2CC2)ccc1C(=O)N1C[C@H](C)O[C@@]2(CCO[C@H](C)C2)C1. The molecule has 1 aliphatic carbocycles. The number of carbonyl (C=O) groups excluding carboxylic acids is 1. The summed E-state index contributed by atoms with van der Waals surface area (Å²) in [6, 6.07) is 4.01. The Hall–Kier alpha value is -1.46. The second-order valence-corrected chi connectivity index (χ2v) is 8.08. The largest absolute Gasteiger partial charge is 0.378 e. The summed E-state index contributed by atoms with van der Waals surface area (Å²) in [5.74, 6) is 0.694. The highest BCUT2D eigenvalue weighted by Gasteiger charge is 2.44. The van der Waals surface area contributed by atoms with Crippen molar-refractivity contribution in [3.05, 3.63) is 29.1 Å². The van der Waals surface area contributed by atoms with E-state index in [1.165, 1.54) is 12.8 Å². The van der Waals surface area contributed by atoms with E-state index in [0.717, 1.165) is 29.8 Å². The highest BCUT2D eigenvalue weighted by molar-refractivity contribution is 5.95. The van der Waals surface area contributed by atoms with E-state index in [2.05, 4.69) is 18.8 Å². The Bertz CT molecular complexity index is 669. The average molecular weight is 344 g/mol. The number of hydrogen-bond acceptors (Lipinski definition) is 4. The van der Waals surface area contributed by atoms with E-state index in [0.29, 0.717) is 25.6 Å². The van der Waals surface area contributed by atoms with Crippen molar-refractivity contribution in [3.8, 4) is 0 Å². The summed E-state index contributed by atoms with van der Waals surface area (Å²) in [7, 11) is 0. The van der Waals surface area contributed by atoms with E-state index in [-0.39, 0.29) is 23.7 Å². The highest BCUT2D eigenvalue weighted by atomic mass is 16.5. The van der Waals surface area contributed by atoms with Crippen molar-refractivity contribution in [2.75, 3.05) is 19.7 Å². The molecule has 1 saturated carbocycles. The Kier molecular flexibility index (Phi) is 4.32. The van der Waals surface area contributed by atoms with E-state index in [9.17, 15) is 4.79 Å². The first kappa shape index (κ1) is 17.0. The molecule has 0 radical (unpaired) electrons. The van der Waals surface area contributed by atoms with Crippen molar-refractivity contribution >= 4 is 5.91 Å². The second kappa shape index (κ2) is 6.36. The first-order valence-electron chi connectivity index (χ1n) is 9.52. The van der Waals surface area contributed by atoms with Gasteiger partial charge in [0.05, 0.1) is 35.6 Å². The third kappa shape index (κ3) is 3.44. The Morgan fingerprint density at radius 3 is 2.76 bits per heavy atom. The lowest BCUT2D eigenvalue weighted by atomic mass is 9.88. The van der Waals surface area contributed by atoms with Crippen molar-refractivity contribution in [3.63, 3.8) is 0 Å². The monoisotopic (exact) mass is 344 g/mol. The molecule has 3 atom stereocenters. The molecule has 136 valence electrons. The third-order valence-electron chi connectivity index (χ3n) is 5.65. The van der Waals surface area contributed by atoms with Gasteiger partial charge in [0, 0.05) is 37.6 Å². The molecule has 0 aromatic carbocycles. The fraction of sp³-hybridized carbons (Fsp3) is 0.700. The van der Waals surface area contributed by atoms with Crippen LogP contribution in [0.2, 0.25) is 0 Å². The molecule has 3 heterocycles. The van der Waals surface area contributed by atoms with Crippen molar-refractivity contribution in [2.45, 2.75) is 70.2 Å². The number of amides is 1. The van der Waals surface area contributed by atoms with Crippen LogP contribution in [0.25, 0.3) is 0 Å². The molecule has 3 aliphatic rings. The number of carbonyl (C=O) groups is 1. The van der Waals surface area contributed by atoms with E-state index in [1.807, 2.05) is 24.0 Å². The number of rotatable bonds is 2. The average Bonchev–Trinajstić information content (AvgIpc) is 3.38. The molecule has 25 heavy (non-hydrogen) atoms. The Morgan fingerprint density at radius 2 is 2.08 bits per heavy atom. The summed E-state index contributed by atoms with van der Waals surface area (Å²) in [4.78, 5) is 19.8. The standard InChI is InChI=1S/C20H28N2O3/c1-13-10-20(8-9-24-13)12-22(11-14(2)25-20)19(23)17-6-7-18(16-4-5-16)21-15(17)3/h6-7,13-14,16H,4-5,8-12H2,1-3H3/t13-,14+,20-/m1/s1. The molecule has 1 amide bonds. The maximum atomic E-state index is 13.2. The van der Waals surface area contributed by atoms with Crippen LogP contribution in [-0.4, -0.2) is 53.3 Å². The lowest BCUT2D eigenvalue weighted by Crippen LogP contribution is -2.59. The second-order valence-electron chi connectivity index (χ2n) is 8.08. The van der Waals surface area contributed by atoms with Gasteiger partial charge in [-0.1, -0.05) is 0 Å². The molecule has 5 heteroatoms. The number of pyridine rings is 1. The Balaban J connectivity index is 1.54. The lowest BCUT2D eigenvalue weighted by Gasteiger charge is -2.48. The van der Waals surface area contributed by atoms with Crippen LogP contribution in [0.3, 0.4) is 0 Å². The molecule has 0 N–H and O–H groups in total. The summed E-state index contributed by atoms with van der Waals surface area (Å²) in [6.45, 7) is 8.08. The van der Waals surface area contributed by atoms with Crippen LogP contribution in [0.15, 0.2) is 12.1 Å². The van der Waals surface area contributed by atoms with Gasteiger partial charge in [-0.15, -0.1) is 0 Å². The summed E-state index contributed by atoms with van der Waals surface area (Å²) in [5, 5.41) is 0. The van der Waals surface area contributed by atoms with Gasteiger partial charge in [0.1, 0.15) is 0 Å². The normalized spacial score (nSPS) is 32.8. The van der Waals surface area contributed by atoms with Gasteiger partial charge in [0.2, 0.25) is 0 Å². The number of hydrogen-bond donors (Lipinski definition) is 0. The van der Waals surface area contributed by atoms with Gasteiger partial charge in [0.25, 0.3) is 5.91 Å². The van der Waals surface area contributed by atoms with Crippen LogP contribution in [0.1, 0.15) is 67.2 Å². The van der Waals surface area contributed by atoms with Crippen LogP contribution >= 0.6 is 0 Å². The van der Waals surface area contributed by atoms with E-state index in [1.54, 1.807) is 0 Å². The summed E-state index contributed by atoms with van der Waals surface area (Å²) in [6.07, 6.45) is 4.37. The van der Waals surface area contributed by atoms with Gasteiger partial charge in [-0.25, -0.2) is 0 Å². The summed E-state index contributed by atoms with van der Waals surface area (Å²) < 4.78 is 12.0. The van der Waals surface area contributed by atoms with Gasteiger partial charge in [-0.3, -0.25) is 9.78 Å². The first-order chi connectivity index (χ1) is 12.0. The van der Waals surface area contributed by atoms with Gasteiger partial charge < -0.3 is 14.4 Å². The molecule has 0 unspecified atom stereocenters.